The number of carbonyl (C=O) groups excluding carboxylic acids is 1. The number of anilines is 1. The number of para-hydroxylation sites is 1. The first-order valence-corrected chi connectivity index (χ1v) is 8.51. The van der Waals surface area contributed by atoms with Crippen molar-refractivity contribution >= 4 is 29.4 Å². The fourth-order valence-electron chi connectivity index (χ4n) is 3.00. The average Bonchev–Trinajstić information content (AvgIpc) is 2.97. The predicted molar refractivity (Wildman–Crippen MR) is 104 cm³/mol. The lowest BCUT2D eigenvalue weighted by Crippen LogP contribution is -2.28. The van der Waals surface area contributed by atoms with Crippen LogP contribution in [0.5, 0.6) is 5.88 Å². The van der Waals surface area contributed by atoms with Crippen LogP contribution in [0, 0.1) is 18.3 Å². The van der Waals surface area contributed by atoms with Crippen molar-refractivity contribution in [3.05, 3.63) is 62.9 Å². The Labute approximate surface area is 165 Å². The molecule has 0 saturated heterocycles. The molecule has 0 fully saturated rings. The lowest BCUT2D eigenvalue weighted by Gasteiger charge is -2.14. The van der Waals surface area contributed by atoms with Crippen LogP contribution < -0.4 is 10.6 Å². The van der Waals surface area contributed by atoms with Crippen LogP contribution in [0.2, 0.25) is 0 Å². The summed E-state index contributed by atoms with van der Waals surface area (Å²) in [5.41, 5.74) is -0.00590. The summed E-state index contributed by atoms with van der Waals surface area (Å²) in [7, 11) is 0. The standard InChI is InChI=1S/C20H16N4O5/c1-11-14(18(27)23(10-17(25)26)19(28)16(11)9-21)8-15-12(2)22-24(20(15)29)13-6-4-3-5-7-13/h3-8,27H,10H2,1-2H3,(H,25,26)/b15-8+. The lowest BCUT2D eigenvalue weighted by atomic mass is 10.0. The van der Waals surface area contributed by atoms with Crippen LogP contribution in [0.15, 0.2) is 45.8 Å². The number of carbonyl (C=O) groups is 2. The Bertz CT molecular complexity index is 1190. The van der Waals surface area contributed by atoms with Gasteiger partial charge >= 0.3 is 5.97 Å². The van der Waals surface area contributed by atoms with Gasteiger partial charge in [-0.2, -0.15) is 15.4 Å². The second-order valence-corrected chi connectivity index (χ2v) is 6.33. The van der Waals surface area contributed by atoms with Gasteiger partial charge in [0.05, 0.1) is 17.0 Å². The van der Waals surface area contributed by atoms with Crippen molar-refractivity contribution in [3.63, 3.8) is 0 Å². The second kappa shape index (κ2) is 7.44. The molecule has 9 heteroatoms. The molecule has 0 aliphatic carbocycles. The van der Waals surface area contributed by atoms with Crippen LogP contribution in [-0.2, 0) is 16.1 Å². The molecule has 1 amide bonds. The maximum atomic E-state index is 12.9. The number of benzene rings is 1. The third-order valence-electron chi connectivity index (χ3n) is 4.49. The summed E-state index contributed by atoms with van der Waals surface area (Å²) in [6.07, 6.45) is 1.31. The lowest BCUT2D eigenvalue weighted by molar-refractivity contribution is -0.137. The smallest absolute Gasteiger partial charge is 0.323 e. The minimum atomic E-state index is -1.36. The van der Waals surface area contributed by atoms with Gasteiger partial charge < -0.3 is 10.2 Å². The first kappa shape index (κ1) is 19.6. The molecule has 2 heterocycles. The van der Waals surface area contributed by atoms with Crippen molar-refractivity contribution in [2.24, 2.45) is 5.10 Å². The zero-order valence-electron chi connectivity index (χ0n) is 15.6. The van der Waals surface area contributed by atoms with Gasteiger partial charge in [-0.1, -0.05) is 18.2 Å². The molecule has 0 atom stereocenters. The molecular formula is C20H16N4O5. The third-order valence-corrected chi connectivity index (χ3v) is 4.49. The summed E-state index contributed by atoms with van der Waals surface area (Å²) in [5, 5.41) is 34.3. The van der Waals surface area contributed by atoms with E-state index in [4.69, 9.17) is 5.11 Å². The maximum absolute atomic E-state index is 12.9. The number of aromatic hydroxyl groups is 1. The van der Waals surface area contributed by atoms with Crippen LogP contribution in [0.4, 0.5) is 5.69 Å². The summed E-state index contributed by atoms with van der Waals surface area (Å²) >= 11 is 0. The molecule has 146 valence electrons. The summed E-state index contributed by atoms with van der Waals surface area (Å²) in [5.74, 6) is -2.46. The van der Waals surface area contributed by atoms with E-state index < -0.39 is 29.9 Å². The van der Waals surface area contributed by atoms with Crippen LogP contribution in [0.1, 0.15) is 23.6 Å². The van der Waals surface area contributed by atoms with Crippen LogP contribution in [0.25, 0.3) is 6.08 Å². The van der Waals surface area contributed by atoms with Gasteiger partial charge in [0.25, 0.3) is 11.5 Å². The molecule has 9 nitrogen and oxygen atoms in total. The normalized spacial score (nSPS) is 14.8. The highest BCUT2D eigenvalue weighted by Gasteiger charge is 2.30. The fraction of sp³-hybridized carbons (Fsp3) is 0.150. The number of rotatable bonds is 4. The summed E-state index contributed by atoms with van der Waals surface area (Å²) < 4.78 is 0.584. The molecule has 1 aliphatic rings. The van der Waals surface area contributed by atoms with Gasteiger partial charge in [0.15, 0.2) is 0 Å². The third kappa shape index (κ3) is 3.39. The van der Waals surface area contributed by atoms with Crippen molar-refractivity contribution in [1.82, 2.24) is 4.57 Å². The number of hydrazone groups is 1. The molecule has 0 bridgehead atoms. The van der Waals surface area contributed by atoms with E-state index in [9.17, 15) is 24.8 Å². The van der Waals surface area contributed by atoms with Crippen LogP contribution in [0.3, 0.4) is 0 Å². The Kier molecular flexibility index (Phi) is 5.02. The van der Waals surface area contributed by atoms with E-state index >= 15 is 0 Å². The minimum Gasteiger partial charge on any atom is -0.494 e. The highest BCUT2D eigenvalue weighted by Crippen LogP contribution is 2.29. The summed E-state index contributed by atoms with van der Waals surface area (Å²) in [4.78, 5) is 36.3. The summed E-state index contributed by atoms with van der Waals surface area (Å²) in [6, 6.07) is 10.5. The number of hydrogen-bond donors (Lipinski definition) is 2. The number of amides is 1. The number of aromatic nitrogens is 1. The van der Waals surface area contributed by atoms with Gasteiger partial charge in [-0.05, 0) is 37.6 Å². The average molecular weight is 392 g/mol. The Morgan fingerprint density at radius 1 is 1.24 bits per heavy atom. The number of carboxylic acids is 1. The molecule has 0 spiro atoms. The molecule has 1 aliphatic heterocycles. The molecule has 29 heavy (non-hydrogen) atoms. The van der Waals surface area contributed by atoms with Gasteiger partial charge in [0.2, 0.25) is 5.88 Å². The van der Waals surface area contributed by atoms with Gasteiger partial charge in [-0.15, -0.1) is 0 Å². The van der Waals surface area contributed by atoms with E-state index in [1.54, 1.807) is 43.3 Å². The molecule has 2 aromatic rings. The Morgan fingerprint density at radius 3 is 2.48 bits per heavy atom. The Balaban J connectivity index is 2.17. The molecule has 2 N–H and O–H groups in total. The van der Waals surface area contributed by atoms with Gasteiger partial charge in [0.1, 0.15) is 18.2 Å². The first-order valence-electron chi connectivity index (χ1n) is 8.51. The quantitative estimate of drug-likeness (QED) is 0.759. The Morgan fingerprint density at radius 2 is 1.90 bits per heavy atom. The number of carboxylic acid groups (broad SMARTS) is 1. The van der Waals surface area contributed by atoms with Crippen molar-refractivity contribution in [2.75, 3.05) is 5.01 Å². The van der Waals surface area contributed by atoms with Crippen LogP contribution >= 0.6 is 0 Å². The molecule has 1 aromatic heterocycles. The largest absolute Gasteiger partial charge is 0.494 e. The Hall–Kier alpha value is -4.19. The highest BCUT2D eigenvalue weighted by molar-refractivity contribution is 6.32. The van der Waals surface area contributed by atoms with Crippen molar-refractivity contribution < 1.29 is 19.8 Å². The SMILES string of the molecule is CC1=NN(c2ccccc2)C(=O)/C1=C/c1c(C)c(C#N)c(=O)n(CC(=O)O)c1O. The molecule has 1 aromatic carbocycles. The van der Waals surface area contributed by atoms with Crippen LogP contribution in [-0.4, -0.2) is 32.4 Å². The highest BCUT2D eigenvalue weighted by atomic mass is 16.4. The van der Waals surface area contributed by atoms with E-state index in [0.717, 1.165) is 0 Å². The van der Waals surface area contributed by atoms with Gasteiger partial charge in [-0.25, -0.2) is 0 Å². The van der Waals surface area contributed by atoms with E-state index in [2.05, 4.69) is 5.10 Å². The van der Waals surface area contributed by atoms with Gasteiger partial charge in [0, 0.05) is 5.56 Å². The summed E-state index contributed by atoms with van der Waals surface area (Å²) in [6.45, 7) is 2.22. The van der Waals surface area contributed by atoms with E-state index in [-0.39, 0.29) is 22.3 Å². The zero-order valence-corrected chi connectivity index (χ0v) is 15.6. The molecular weight excluding hydrogens is 376 g/mol. The first-order chi connectivity index (χ1) is 13.8. The van der Waals surface area contributed by atoms with Crippen molar-refractivity contribution in [1.29, 1.82) is 5.26 Å². The molecule has 0 saturated carbocycles. The van der Waals surface area contributed by atoms with E-state index in [1.165, 1.54) is 18.0 Å². The number of aliphatic carboxylic acids is 1. The predicted octanol–water partition coefficient (Wildman–Crippen LogP) is 1.62. The molecule has 0 radical (unpaired) electrons. The van der Waals surface area contributed by atoms with Gasteiger partial charge in [-0.3, -0.25) is 19.0 Å². The maximum Gasteiger partial charge on any atom is 0.323 e. The zero-order chi connectivity index (χ0) is 21.3. The topological polar surface area (TPSA) is 136 Å². The minimum absolute atomic E-state index is 0.00946. The van der Waals surface area contributed by atoms with Crippen molar-refractivity contribution in [3.8, 4) is 11.9 Å². The fourth-order valence-corrected chi connectivity index (χ4v) is 3.00. The van der Waals surface area contributed by atoms with Crippen molar-refractivity contribution in [2.45, 2.75) is 20.4 Å². The number of nitriles is 1. The van der Waals surface area contributed by atoms with E-state index in [0.29, 0.717) is 16.0 Å². The molecule has 0 unspecified atom stereocenters. The molecule has 3 rings (SSSR count). The van der Waals surface area contributed by atoms with E-state index in [1.807, 2.05) is 0 Å². The number of pyridine rings is 1. The number of hydrogen-bond acceptors (Lipinski definition) is 6. The number of nitrogens with zero attached hydrogens (tertiary/aromatic N) is 4. The monoisotopic (exact) mass is 392 g/mol. The second-order valence-electron chi connectivity index (χ2n) is 6.33.